The fourth-order valence-corrected chi connectivity index (χ4v) is 2.06. The van der Waals surface area contributed by atoms with Gasteiger partial charge in [-0.15, -0.1) is 0 Å². The van der Waals surface area contributed by atoms with Crippen LogP contribution in [0, 0.1) is 11.3 Å². The molecule has 1 aliphatic heterocycles. The second-order valence-electron chi connectivity index (χ2n) is 4.66. The number of hydrogen-bond donors (Lipinski definition) is 1. The van der Waals surface area contributed by atoms with Gasteiger partial charge in [0.05, 0.1) is 20.3 Å². The zero-order valence-electron chi connectivity index (χ0n) is 9.29. The first-order chi connectivity index (χ1) is 6.36. The molecule has 2 N–H and O–H groups in total. The Kier molecular flexibility index (Phi) is 2.88. The predicted molar refractivity (Wildman–Crippen MR) is 52.7 cm³/mol. The third-order valence-electron chi connectivity index (χ3n) is 3.25. The number of esters is 1. The van der Waals surface area contributed by atoms with Gasteiger partial charge in [-0.2, -0.15) is 0 Å². The fraction of sp³-hybridized carbons (Fsp3) is 0.900. The highest BCUT2D eigenvalue weighted by Crippen LogP contribution is 2.39. The van der Waals surface area contributed by atoms with E-state index in [1.165, 1.54) is 7.11 Å². The first-order valence-corrected chi connectivity index (χ1v) is 4.81. The minimum Gasteiger partial charge on any atom is -0.468 e. The van der Waals surface area contributed by atoms with E-state index in [0.29, 0.717) is 13.2 Å². The Morgan fingerprint density at radius 1 is 1.57 bits per heavy atom. The Bertz CT molecular complexity index is 240. The zero-order valence-corrected chi connectivity index (χ0v) is 9.29. The molecule has 82 valence electrons. The Morgan fingerprint density at radius 3 is 2.57 bits per heavy atom. The summed E-state index contributed by atoms with van der Waals surface area (Å²) in [5.74, 6) is -0.378. The van der Waals surface area contributed by atoms with Crippen LogP contribution in [0.5, 0.6) is 0 Å². The smallest absolute Gasteiger partial charge is 0.326 e. The first kappa shape index (κ1) is 11.5. The SMILES string of the molecule is COC(=O)C1(N)C(C)COCC1(C)C. The molecule has 0 spiro atoms. The lowest BCUT2D eigenvalue weighted by Gasteiger charge is -2.48. The lowest BCUT2D eigenvalue weighted by molar-refractivity contribution is -0.167. The van der Waals surface area contributed by atoms with Gasteiger partial charge in [-0.1, -0.05) is 20.8 Å². The van der Waals surface area contributed by atoms with Gasteiger partial charge in [-0.05, 0) is 0 Å². The summed E-state index contributed by atoms with van der Waals surface area (Å²) in [7, 11) is 1.37. The van der Waals surface area contributed by atoms with Gasteiger partial charge in [-0.3, -0.25) is 4.79 Å². The lowest BCUT2D eigenvalue weighted by atomic mass is 9.65. The van der Waals surface area contributed by atoms with Crippen molar-refractivity contribution in [2.24, 2.45) is 17.1 Å². The van der Waals surface area contributed by atoms with Crippen molar-refractivity contribution in [3.05, 3.63) is 0 Å². The van der Waals surface area contributed by atoms with Crippen LogP contribution >= 0.6 is 0 Å². The van der Waals surface area contributed by atoms with E-state index in [0.717, 1.165) is 0 Å². The minimum atomic E-state index is -0.944. The molecule has 0 bridgehead atoms. The van der Waals surface area contributed by atoms with Crippen molar-refractivity contribution in [3.63, 3.8) is 0 Å². The number of hydrogen-bond acceptors (Lipinski definition) is 4. The summed E-state index contributed by atoms with van der Waals surface area (Å²) in [5, 5.41) is 0. The highest BCUT2D eigenvalue weighted by atomic mass is 16.5. The summed E-state index contributed by atoms with van der Waals surface area (Å²) in [5.41, 5.74) is 4.84. The second-order valence-corrected chi connectivity index (χ2v) is 4.66. The largest absolute Gasteiger partial charge is 0.468 e. The van der Waals surface area contributed by atoms with Gasteiger partial charge >= 0.3 is 5.97 Å². The minimum absolute atomic E-state index is 0.0290. The topological polar surface area (TPSA) is 61.5 Å². The highest BCUT2D eigenvalue weighted by Gasteiger charge is 2.55. The number of carbonyl (C=O) groups is 1. The normalized spacial score (nSPS) is 36.5. The van der Waals surface area contributed by atoms with Crippen molar-refractivity contribution in [3.8, 4) is 0 Å². The second kappa shape index (κ2) is 3.51. The maximum Gasteiger partial charge on any atom is 0.326 e. The van der Waals surface area contributed by atoms with Crippen LogP contribution in [-0.4, -0.2) is 31.8 Å². The van der Waals surface area contributed by atoms with E-state index < -0.39 is 11.0 Å². The Labute approximate surface area is 84.7 Å². The van der Waals surface area contributed by atoms with Gasteiger partial charge in [0.1, 0.15) is 5.54 Å². The average molecular weight is 201 g/mol. The summed E-state index contributed by atoms with van der Waals surface area (Å²) < 4.78 is 10.2. The molecule has 0 aromatic carbocycles. The predicted octanol–water partition coefficient (Wildman–Crippen LogP) is 0.549. The molecular weight excluding hydrogens is 182 g/mol. The molecule has 0 radical (unpaired) electrons. The monoisotopic (exact) mass is 201 g/mol. The van der Waals surface area contributed by atoms with Gasteiger partial charge in [0.2, 0.25) is 0 Å². The fourth-order valence-electron chi connectivity index (χ4n) is 2.06. The summed E-state index contributed by atoms with van der Waals surface area (Å²) in [4.78, 5) is 11.7. The van der Waals surface area contributed by atoms with Crippen molar-refractivity contribution in [2.75, 3.05) is 20.3 Å². The van der Waals surface area contributed by atoms with Crippen LogP contribution < -0.4 is 5.73 Å². The number of methoxy groups -OCH3 is 1. The third-order valence-corrected chi connectivity index (χ3v) is 3.25. The van der Waals surface area contributed by atoms with Crippen LogP contribution in [0.15, 0.2) is 0 Å². The van der Waals surface area contributed by atoms with Gasteiger partial charge < -0.3 is 15.2 Å². The van der Waals surface area contributed by atoms with Crippen LogP contribution in [-0.2, 0) is 14.3 Å². The van der Waals surface area contributed by atoms with E-state index in [-0.39, 0.29) is 11.9 Å². The van der Waals surface area contributed by atoms with E-state index in [1.54, 1.807) is 0 Å². The maximum absolute atomic E-state index is 11.7. The number of ether oxygens (including phenoxy) is 2. The van der Waals surface area contributed by atoms with E-state index in [2.05, 4.69) is 0 Å². The van der Waals surface area contributed by atoms with Crippen LogP contribution in [0.1, 0.15) is 20.8 Å². The van der Waals surface area contributed by atoms with Crippen molar-refractivity contribution >= 4 is 5.97 Å². The molecule has 0 aromatic rings. The average Bonchev–Trinajstić information content (AvgIpc) is 2.12. The molecule has 1 aliphatic rings. The first-order valence-electron chi connectivity index (χ1n) is 4.81. The summed E-state index contributed by atoms with van der Waals surface area (Å²) >= 11 is 0. The van der Waals surface area contributed by atoms with Crippen LogP contribution in [0.25, 0.3) is 0 Å². The standard InChI is InChI=1S/C10H19NO3/c1-7-5-14-6-9(2,3)10(7,11)8(12)13-4/h7H,5-6,11H2,1-4H3. The van der Waals surface area contributed by atoms with Gasteiger partial charge in [0.15, 0.2) is 0 Å². The van der Waals surface area contributed by atoms with Crippen LogP contribution in [0.2, 0.25) is 0 Å². The van der Waals surface area contributed by atoms with Crippen molar-refractivity contribution in [1.82, 2.24) is 0 Å². The summed E-state index contributed by atoms with van der Waals surface area (Å²) in [6.07, 6.45) is 0. The molecule has 0 saturated carbocycles. The quantitative estimate of drug-likeness (QED) is 0.629. The number of nitrogens with two attached hydrogens (primary N) is 1. The Morgan fingerprint density at radius 2 is 2.14 bits per heavy atom. The molecule has 0 amide bonds. The molecule has 4 heteroatoms. The van der Waals surface area contributed by atoms with Gasteiger partial charge in [-0.25, -0.2) is 0 Å². The third kappa shape index (κ3) is 1.42. The molecule has 2 atom stereocenters. The molecule has 1 rings (SSSR count). The molecule has 0 aromatic heterocycles. The zero-order chi connectivity index (χ0) is 11.0. The van der Waals surface area contributed by atoms with Crippen molar-refractivity contribution < 1.29 is 14.3 Å². The molecule has 1 heterocycles. The molecule has 1 fully saturated rings. The van der Waals surface area contributed by atoms with Crippen LogP contribution in [0.3, 0.4) is 0 Å². The Balaban J connectivity index is 3.05. The van der Waals surface area contributed by atoms with E-state index in [4.69, 9.17) is 15.2 Å². The van der Waals surface area contributed by atoms with Crippen LogP contribution in [0.4, 0.5) is 0 Å². The van der Waals surface area contributed by atoms with Crippen molar-refractivity contribution in [1.29, 1.82) is 0 Å². The molecule has 1 saturated heterocycles. The van der Waals surface area contributed by atoms with Crippen molar-refractivity contribution in [2.45, 2.75) is 26.3 Å². The summed E-state index contributed by atoms with van der Waals surface area (Å²) in [6, 6.07) is 0. The Hall–Kier alpha value is -0.610. The number of carbonyl (C=O) groups excluding carboxylic acids is 1. The van der Waals surface area contributed by atoms with Gasteiger partial charge in [0, 0.05) is 11.3 Å². The molecule has 0 aliphatic carbocycles. The molecular formula is C10H19NO3. The number of rotatable bonds is 1. The molecule has 2 unspecified atom stereocenters. The highest BCUT2D eigenvalue weighted by molar-refractivity contribution is 5.82. The van der Waals surface area contributed by atoms with E-state index in [1.807, 2.05) is 20.8 Å². The molecule has 4 nitrogen and oxygen atoms in total. The lowest BCUT2D eigenvalue weighted by Crippen LogP contribution is -2.68. The van der Waals surface area contributed by atoms with E-state index in [9.17, 15) is 4.79 Å². The summed E-state index contributed by atoms with van der Waals surface area (Å²) in [6.45, 7) is 6.77. The van der Waals surface area contributed by atoms with Gasteiger partial charge in [0.25, 0.3) is 0 Å². The van der Waals surface area contributed by atoms with E-state index >= 15 is 0 Å². The molecule has 14 heavy (non-hydrogen) atoms. The maximum atomic E-state index is 11.7.